The lowest BCUT2D eigenvalue weighted by molar-refractivity contribution is 1.24. The average molecular weight is 300 g/mol. The fourth-order valence-corrected chi connectivity index (χ4v) is 2.19. The summed E-state index contributed by atoms with van der Waals surface area (Å²) in [5.74, 6) is 0.298. The van der Waals surface area contributed by atoms with Crippen LogP contribution in [0.2, 0.25) is 0 Å². The second kappa shape index (κ2) is 4.38. The number of rotatable bonds is 1. The first-order chi connectivity index (χ1) is 8.74. The zero-order chi connectivity index (χ0) is 12.5. The van der Waals surface area contributed by atoms with Crippen molar-refractivity contribution in [2.75, 3.05) is 5.73 Å². The number of fused-ring (bicyclic) bond motifs is 1. The SMILES string of the molecule is Nc1nc(-c2ccc(Br)cc2)c2ccccc2n1. The molecule has 4 heteroatoms. The van der Waals surface area contributed by atoms with Gasteiger partial charge in [-0.3, -0.25) is 0 Å². The minimum absolute atomic E-state index is 0.298. The first kappa shape index (κ1) is 11.2. The van der Waals surface area contributed by atoms with E-state index >= 15 is 0 Å². The van der Waals surface area contributed by atoms with Gasteiger partial charge >= 0.3 is 0 Å². The number of aromatic nitrogens is 2. The molecule has 0 saturated heterocycles. The molecule has 2 aromatic carbocycles. The van der Waals surface area contributed by atoms with Crippen LogP contribution in [0, 0.1) is 0 Å². The van der Waals surface area contributed by atoms with Crippen molar-refractivity contribution < 1.29 is 0 Å². The summed E-state index contributed by atoms with van der Waals surface area (Å²) in [4.78, 5) is 8.59. The molecule has 2 N–H and O–H groups in total. The minimum Gasteiger partial charge on any atom is -0.368 e. The van der Waals surface area contributed by atoms with E-state index in [2.05, 4.69) is 25.9 Å². The van der Waals surface area contributed by atoms with Gasteiger partial charge in [-0.25, -0.2) is 9.97 Å². The molecule has 0 aliphatic heterocycles. The molecule has 0 atom stereocenters. The van der Waals surface area contributed by atoms with Gasteiger partial charge in [0.2, 0.25) is 5.95 Å². The molecule has 3 aromatic rings. The fraction of sp³-hybridized carbons (Fsp3) is 0. The number of anilines is 1. The van der Waals surface area contributed by atoms with Crippen molar-refractivity contribution in [1.29, 1.82) is 0 Å². The Morgan fingerprint density at radius 1 is 0.889 bits per heavy atom. The van der Waals surface area contributed by atoms with Gasteiger partial charge in [0.1, 0.15) is 0 Å². The summed E-state index contributed by atoms with van der Waals surface area (Å²) in [5, 5.41) is 1.01. The number of para-hydroxylation sites is 1. The first-order valence-corrected chi connectivity index (χ1v) is 6.31. The molecule has 0 spiro atoms. The monoisotopic (exact) mass is 299 g/mol. The van der Waals surface area contributed by atoms with Crippen LogP contribution in [0.1, 0.15) is 0 Å². The summed E-state index contributed by atoms with van der Waals surface area (Å²) >= 11 is 3.42. The summed E-state index contributed by atoms with van der Waals surface area (Å²) in [6, 6.07) is 15.9. The lowest BCUT2D eigenvalue weighted by atomic mass is 10.1. The van der Waals surface area contributed by atoms with Crippen LogP contribution >= 0.6 is 15.9 Å². The first-order valence-electron chi connectivity index (χ1n) is 5.52. The summed E-state index contributed by atoms with van der Waals surface area (Å²) < 4.78 is 1.04. The molecule has 0 aliphatic rings. The molecule has 88 valence electrons. The maximum absolute atomic E-state index is 5.76. The molecule has 18 heavy (non-hydrogen) atoms. The van der Waals surface area contributed by atoms with Gasteiger partial charge in [-0.15, -0.1) is 0 Å². The second-order valence-electron chi connectivity index (χ2n) is 3.95. The Hall–Kier alpha value is -1.94. The Morgan fingerprint density at radius 3 is 2.39 bits per heavy atom. The normalized spacial score (nSPS) is 10.7. The summed E-state index contributed by atoms with van der Waals surface area (Å²) in [6.45, 7) is 0. The Morgan fingerprint density at radius 2 is 1.61 bits per heavy atom. The lowest BCUT2D eigenvalue weighted by Crippen LogP contribution is -1.97. The number of nitrogen functional groups attached to an aromatic ring is 1. The third kappa shape index (κ3) is 1.95. The van der Waals surface area contributed by atoms with Crippen molar-refractivity contribution >= 4 is 32.8 Å². The highest BCUT2D eigenvalue weighted by atomic mass is 79.9. The zero-order valence-electron chi connectivity index (χ0n) is 9.47. The predicted octanol–water partition coefficient (Wildman–Crippen LogP) is 3.64. The van der Waals surface area contributed by atoms with Gasteiger partial charge in [0.05, 0.1) is 11.2 Å². The molecule has 0 radical (unpaired) electrons. The number of benzene rings is 2. The number of hydrogen-bond acceptors (Lipinski definition) is 3. The van der Waals surface area contributed by atoms with Gasteiger partial charge in [0, 0.05) is 15.4 Å². The van der Waals surface area contributed by atoms with Gasteiger partial charge in [-0.1, -0.05) is 46.3 Å². The molecule has 0 saturated carbocycles. The van der Waals surface area contributed by atoms with E-state index in [9.17, 15) is 0 Å². The minimum atomic E-state index is 0.298. The summed E-state index contributed by atoms with van der Waals surface area (Å²) in [5.41, 5.74) is 8.52. The number of nitrogens with two attached hydrogens (primary N) is 1. The number of nitrogens with zero attached hydrogens (tertiary/aromatic N) is 2. The van der Waals surface area contributed by atoms with Crippen LogP contribution in [-0.2, 0) is 0 Å². The van der Waals surface area contributed by atoms with Crippen molar-refractivity contribution in [3.63, 3.8) is 0 Å². The maximum Gasteiger partial charge on any atom is 0.221 e. The quantitative estimate of drug-likeness (QED) is 0.746. The molecule has 1 heterocycles. The van der Waals surface area contributed by atoms with Gasteiger partial charge in [0.15, 0.2) is 0 Å². The van der Waals surface area contributed by atoms with E-state index in [0.717, 1.165) is 26.6 Å². The highest BCUT2D eigenvalue weighted by molar-refractivity contribution is 9.10. The average Bonchev–Trinajstić information content (AvgIpc) is 2.38. The maximum atomic E-state index is 5.76. The van der Waals surface area contributed by atoms with Crippen molar-refractivity contribution in [1.82, 2.24) is 9.97 Å². The van der Waals surface area contributed by atoms with E-state index in [-0.39, 0.29) is 0 Å². The van der Waals surface area contributed by atoms with Crippen LogP contribution in [0.4, 0.5) is 5.95 Å². The van der Waals surface area contributed by atoms with Crippen molar-refractivity contribution in [3.05, 3.63) is 53.0 Å². The van der Waals surface area contributed by atoms with E-state index in [1.54, 1.807) is 0 Å². The molecular weight excluding hydrogens is 290 g/mol. The van der Waals surface area contributed by atoms with Crippen molar-refractivity contribution in [2.45, 2.75) is 0 Å². The van der Waals surface area contributed by atoms with Crippen LogP contribution in [0.25, 0.3) is 22.2 Å². The molecule has 0 bridgehead atoms. The Balaban J connectivity index is 2.31. The summed E-state index contributed by atoms with van der Waals surface area (Å²) in [6.07, 6.45) is 0. The Bertz CT molecular complexity index is 708. The Kier molecular flexibility index (Phi) is 2.72. The van der Waals surface area contributed by atoms with Crippen LogP contribution in [0.3, 0.4) is 0 Å². The van der Waals surface area contributed by atoms with Crippen LogP contribution in [0.15, 0.2) is 53.0 Å². The fourth-order valence-electron chi connectivity index (χ4n) is 1.92. The van der Waals surface area contributed by atoms with Gasteiger partial charge in [-0.2, -0.15) is 0 Å². The van der Waals surface area contributed by atoms with Crippen molar-refractivity contribution in [2.24, 2.45) is 0 Å². The largest absolute Gasteiger partial charge is 0.368 e. The molecule has 1 aromatic heterocycles. The van der Waals surface area contributed by atoms with E-state index < -0.39 is 0 Å². The molecule has 0 fully saturated rings. The highest BCUT2D eigenvalue weighted by Gasteiger charge is 2.07. The van der Waals surface area contributed by atoms with Gasteiger partial charge < -0.3 is 5.73 Å². The van der Waals surface area contributed by atoms with Crippen LogP contribution in [-0.4, -0.2) is 9.97 Å². The van der Waals surface area contributed by atoms with Gasteiger partial charge in [-0.05, 0) is 18.2 Å². The van der Waals surface area contributed by atoms with E-state index in [1.165, 1.54) is 0 Å². The smallest absolute Gasteiger partial charge is 0.221 e. The van der Waals surface area contributed by atoms with Gasteiger partial charge in [0.25, 0.3) is 0 Å². The molecule has 0 unspecified atom stereocenters. The van der Waals surface area contributed by atoms with Crippen LogP contribution in [0.5, 0.6) is 0 Å². The molecule has 3 rings (SSSR count). The summed E-state index contributed by atoms with van der Waals surface area (Å²) in [7, 11) is 0. The topological polar surface area (TPSA) is 51.8 Å². The third-order valence-electron chi connectivity index (χ3n) is 2.74. The van der Waals surface area contributed by atoms with E-state index in [0.29, 0.717) is 5.95 Å². The molecule has 3 nitrogen and oxygen atoms in total. The number of hydrogen-bond donors (Lipinski definition) is 1. The Labute approximate surface area is 113 Å². The van der Waals surface area contributed by atoms with Crippen molar-refractivity contribution in [3.8, 4) is 11.3 Å². The predicted molar refractivity (Wildman–Crippen MR) is 77.1 cm³/mol. The van der Waals surface area contributed by atoms with E-state index in [4.69, 9.17) is 5.73 Å². The lowest BCUT2D eigenvalue weighted by Gasteiger charge is -2.06. The zero-order valence-corrected chi connectivity index (χ0v) is 11.1. The second-order valence-corrected chi connectivity index (χ2v) is 4.87. The number of halogens is 1. The molecule has 0 aliphatic carbocycles. The molecule has 0 amide bonds. The highest BCUT2D eigenvalue weighted by Crippen LogP contribution is 2.27. The standard InChI is InChI=1S/C14H10BrN3/c15-10-7-5-9(6-8-10)13-11-3-1-2-4-12(11)17-14(16)18-13/h1-8H,(H2,16,17,18). The van der Waals surface area contributed by atoms with E-state index in [1.807, 2.05) is 48.5 Å². The van der Waals surface area contributed by atoms with Crippen LogP contribution < -0.4 is 5.73 Å². The third-order valence-corrected chi connectivity index (χ3v) is 3.27. The molecular formula is C14H10BrN3.